The van der Waals surface area contributed by atoms with Crippen LogP contribution in [0.3, 0.4) is 0 Å². The number of hydrogen-bond acceptors (Lipinski definition) is 3. The lowest BCUT2D eigenvalue weighted by Crippen LogP contribution is -2.11. The van der Waals surface area contributed by atoms with E-state index in [1.165, 1.54) is 19.2 Å². The Labute approximate surface area is 81.7 Å². The first-order chi connectivity index (χ1) is 6.56. The van der Waals surface area contributed by atoms with E-state index in [4.69, 9.17) is 5.73 Å². The fraction of sp³-hybridized carbons (Fsp3) is 0.300. The van der Waals surface area contributed by atoms with Gasteiger partial charge in [0, 0.05) is 0 Å². The molecule has 0 spiro atoms. The number of nitrogen functional groups attached to an aromatic ring is 1. The number of carbonyl (C=O) groups is 1. The Morgan fingerprint density at radius 2 is 2.21 bits per heavy atom. The summed E-state index contributed by atoms with van der Waals surface area (Å²) in [7, 11) is 1.30. The van der Waals surface area contributed by atoms with E-state index in [0.717, 1.165) is 0 Å². The van der Waals surface area contributed by atoms with Crippen LogP contribution in [0.4, 0.5) is 10.1 Å². The molecule has 0 aliphatic carbocycles. The molecule has 1 aromatic rings. The molecule has 14 heavy (non-hydrogen) atoms. The average Bonchev–Trinajstić information content (AvgIpc) is 2.20. The predicted molar refractivity (Wildman–Crippen MR) is 51.2 cm³/mol. The first-order valence-corrected chi connectivity index (χ1v) is 4.19. The molecule has 0 bridgehead atoms. The Kier molecular flexibility index (Phi) is 3.06. The molecule has 0 radical (unpaired) electrons. The molecule has 0 aliphatic heterocycles. The summed E-state index contributed by atoms with van der Waals surface area (Å²) in [6.45, 7) is 1.65. The zero-order valence-corrected chi connectivity index (χ0v) is 8.08. The fourth-order valence-corrected chi connectivity index (χ4v) is 1.13. The van der Waals surface area contributed by atoms with Gasteiger partial charge in [-0.1, -0.05) is 6.07 Å². The number of ether oxygens (including phenoxy) is 1. The molecule has 0 saturated heterocycles. The van der Waals surface area contributed by atoms with Crippen molar-refractivity contribution in [3.05, 3.63) is 29.6 Å². The third kappa shape index (κ3) is 2.02. The lowest BCUT2D eigenvalue weighted by Gasteiger charge is -2.09. The number of methoxy groups -OCH3 is 1. The Morgan fingerprint density at radius 1 is 1.57 bits per heavy atom. The standard InChI is InChI=1S/C10H12FNO2/c1-6(10(13)14-2)7-3-4-9(12)8(11)5-7/h3-6H,12H2,1-2H3/t6-/m0/s1. The Balaban J connectivity index is 2.96. The summed E-state index contributed by atoms with van der Waals surface area (Å²) in [5, 5.41) is 0. The molecule has 1 rings (SSSR count). The highest BCUT2D eigenvalue weighted by atomic mass is 19.1. The van der Waals surface area contributed by atoms with E-state index in [0.29, 0.717) is 5.56 Å². The van der Waals surface area contributed by atoms with Crippen LogP contribution in [0.5, 0.6) is 0 Å². The van der Waals surface area contributed by atoms with Crippen molar-refractivity contribution in [2.24, 2.45) is 0 Å². The quantitative estimate of drug-likeness (QED) is 0.579. The number of anilines is 1. The van der Waals surface area contributed by atoms with E-state index in [2.05, 4.69) is 4.74 Å². The van der Waals surface area contributed by atoms with Crippen molar-refractivity contribution in [3.63, 3.8) is 0 Å². The van der Waals surface area contributed by atoms with Gasteiger partial charge in [0.2, 0.25) is 0 Å². The smallest absolute Gasteiger partial charge is 0.312 e. The maximum absolute atomic E-state index is 13.0. The molecule has 1 aromatic carbocycles. The predicted octanol–water partition coefficient (Wildman–Crippen LogP) is 1.68. The number of nitrogens with two attached hydrogens (primary N) is 1. The zero-order chi connectivity index (χ0) is 10.7. The van der Waals surface area contributed by atoms with Gasteiger partial charge in [-0.15, -0.1) is 0 Å². The molecule has 3 nitrogen and oxygen atoms in total. The van der Waals surface area contributed by atoms with Crippen molar-refractivity contribution in [1.29, 1.82) is 0 Å². The summed E-state index contributed by atoms with van der Waals surface area (Å²) in [4.78, 5) is 11.1. The van der Waals surface area contributed by atoms with Crippen LogP contribution >= 0.6 is 0 Å². The molecule has 0 aliphatic rings. The van der Waals surface area contributed by atoms with Crippen LogP contribution in [0.1, 0.15) is 18.4 Å². The van der Waals surface area contributed by atoms with Gasteiger partial charge in [-0.3, -0.25) is 4.79 Å². The molecular weight excluding hydrogens is 185 g/mol. The molecule has 0 fully saturated rings. The minimum Gasteiger partial charge on any atom is -0.469 e. The second-order valence-electron chi connectivity index (χ2n) is 3.03. The maximum atomic E-state index is 13.0. The van der Waals surface area contributed by atoms with Crippen LogP contribution in [0.2, 0.25) is 0 Å². The van der Waals surface area contributed by atoms with Crippen LogP contribution in [0.15, 0.2) is 18.2 Å². The number of halogens is 1. The van der Waals surface area contributed by atoms with Crippen molar-refractivity contribution in [1.82, 2.24) is 0 Å². The topological polar surface area (TPSA) is 52.3 Å². The van der Waals surface area contributed by atoms with E-state index >= 15 is 0 Å². The SMILES string of the molecule is COC(=O)[C@@H](C)c1ccc(N)c(F)c1. The van der Waals surface area contributed by atoms with Crippen molar-refractivity contribution >= 4 is 11.7 Å². The summed E-state index contributed by atoms with van der Waals surface area (Å²) in [5.74, 6) is -1.39. The van der Waals surface area contributed by atoms with Gasteiger partial charge in [0.15, 0.2) is 0 Å². The number of rotatable bonds is 2. The van der Waals surface area contributed by atoms with Crippen LogP contribution in [0, 0.1) is 5.82 Å². The Morgan fingerprint density at radius 3 is 2.71 bits per heavy atom. The average molecular weight is 197 g/mol. The third-order valence-electron chi connectivity index (χ3n) is 2.08. The van der Waals surface area contributed by atoms with E-state index < -0.39 is 17.7 Å². The Bertz CT molecular complexity index is 352. The fourth-order valence-electron chi connectivity index (χ4n) is 1.13. The highest BCUT2D eigenvalue weighted by Gasteiger charge is 2.16. The third-order valence-corrected chi connectivity index (χ3v) is 2.08. The van der Waals surface area contributed by atoms with Gasteiger partial charge < -0.3 is 10.5 Å². The minimum atomic E-state index is -0.516. The van der Waals surface area contributed by atoms with Crippen LogP contribution in [-0.4, -0.2) is 13.1 Å². The largest absolute Gasteiger partial charge is 0.469 e. The van der Waals surface area contributed by atoms with Crippen LogP contribution < -0.4 is 5.73 Å². The monoisotopic (exact) mass is 197 g/mol. The lowest BCUT2D eigenvalue weighted by molar-refractivity contribution is -0.141. The summed E-state index contributed by atoms with van der Waals surface area (Å²) >= 11 is 0. The molecule has 4 heteroatoms. The summed E-state index contributed by atoms with van der Waals surface area (Å²) in [6.07, 6.45) is 0. The lowest BCUT2D eigenvalue weighted by atomic mass is 10.0. The first-order valence-electron chi connectivity index (χ1n) is 4.19. The first kappa shape index (κ1) is 10.5. The van der Waals surface area contributed by atoms with Gasteiger partial charge in [0.05, 0.1) is 18.7 Å². The van der Waals surface area contributed by atoms with Gasteiger partial charge in [-0.05, 0) is 24.6 Å². The van der Waals surface area contributed by atoms with Gasteiger partial charge >= 0.3 is 5.97 Å². The molecule has 76 valence electrons. The van der Waals surface area contributed by atoms with E-state index in [1.807, 2.05) is 0 Å². The molecular formula is C10H12FNO2. The molecule has 1 atom stereocenters. The molecule has 0 unspecified atom stereocenters. The number of carbonyl (C=O) groups excluding carboxylic acids is 1. The molecule has 0 saturated carbocycles. The summed E-state index contributed by atoms with van der Waals surface area (Å²) in [6, 6.07) is 4.29. The van der Waals surface area contributed by atoms with Gasteiger partial charge in [0.25, 0.3) is 0 Å². The van der Waals surface area contributed by atoms with Crippen molar-refractivity contribution < 1.29 is 13.9 Å². The van der Waals surface area contributed by atoms with E-state index in [-0.39, 0.29) is 5.69 Å². The second-order valence-corrected chi connectivity index (χ2v) is 3.03. The molecule has 0 amide bonds. The highest BCUT2D eigenvalue weighted by Crippen LogP contribution is 2.20. The number of benzene rings is 1. The molecule has 0 aromatic heterocycles. The molecule has 2 N–H and O–H groups in total. The minimum absolute atomic E-state index is 0.0748. The normalized spacial score (nSPS) is 12.2. The van der Waals surface area contributed by atoms with Crippen molar-refractivity contribution in [2.45, 2.75) is 12.8 Å². The number of esters is 1. The van der Waals surface area contributed by atoms with Crippen molar-refractivity contribution in [2.75, 3.05) is 12.8 Å². The summed E-state index contributed by atoms with van der Waals surface area (Å²) in [5.41, 5.74) is 5.94. The summed E-state index contributed by atoms with van der Waals surface area (Å²) < 4.78 is 17.6. The Hall–Kier alpha value is -1.58. The van der Waals surface area contributed by atoms with Crippen LogP contribution in [-0.2, 0) is 9.53 Å². The van der Waals surface area contributed by atoms with Crippen LogP contribution in [0.25, 0.3) is 0 Å². The zero-order valence-electron chi connectivity index (χ0n) is 8.08. The van der Waals surface area contributed by atoms with E-state index in [1.54, 1.807) is 13.0 Å². The van der Waals surface area contributed by atoms with Crippen molar-refractivity contribution in [3.8, 4) is 0 Å². The van der Waals surface area contributed by atoms with Gasteiger partial charge in [0.1, 0.15) is 5.82 Å². The van der Waals surface area contributed by atoms with Gasteiger partial charge in [-0.25, -0.2) is 4.39 Å². The second kappa shape index (κ2) is 4.09. The molecule has 0 heterocycles. The van der Waals surface area contributed by atoms with Gasteiger partial charge in [-0.2, -0.15) is 0 Å². The van der Waals surface area contributed by atoms with E-state index in [9.17, 15) is 9.18 Å². The number of hydrogen-bond donors (Lipinski definition) is 1. The highest BCUT2D eigenvalue weighted by molar-refractivity contribution is 5.77. The maximum Gasteiger partial charge on any atom is 0.312 e.